The average Bonchev–Trinajstić information content (AvgIpc) is 2.63. The van der Waals surface area contributed by atoms with E-state index in [1.165, 1.54) is 0 Å². The van der Waals surface area contributed by atoms with Crippen molar-refractivity contribution in [1.29, 1.82) is 0 Å². The molecular formula is C45H102Ge3Si4. The van der Waals surface area contributed by atoms with E-state index in [-0.39, 0.29) is 26.4 Å². The molecule has 0 aliphatic carbocycles. The summed E-state index contributed by atoms with van der Waals surface area (Å²) in [6.07, 6.45) is 0. The summed E-state index contributed by atoms with van der Waals surface area (Å²) >= 11 is 4.00. The van der Waals surface area contributed by atoms with Crippen LogP contribution in [0.2, 0.25) is 62.0 Å². The fourth-order valence-electron chi connectivity index (χ4n) is 11.2. The topological polar surface area (TPSA) is 0 Å². The van der Waals surface area contributed by atoms with Crippen LogP contribution in [-0.2, 0) is 0 Å². The Morgan fingerprint density at radius 3 is 0.288 bits per heavy atom. The maximum absolute atomic E-state index is 2.44. The summed E-state index contributed by atoms with van der Waals surface area (Å²) in [5.74, 6) is 0. The molecule has 7 heteroatoms. The minimum atomic E-state index is -0.391. The van der Waals surface area contributed by atoms with Crippen LogP contribution in [0.3, 0.4) is 0 Å². The van der Waals surface area contributed by atoms with Crippen LogP contribution in [-0.4, -0.2) is 80.8 Å². The third-order valence-electron chi connectivity index (χ3n) is 9.00. The molecule has 0 amide bonds. The first-order valence-corrected chi connectivity index (χ1v) is 33.0. The molecule has 0 aliphatic heterocycles. The Labute approximate surface area is 368 Å². The molecule has 0 rings (SSSR count). The van der Waals surface area contributed by atoms with Gasteiger partial charge in [0, 0.05) is 17.6 Å². The van der Waals surface area contributed by atoms with Crippen molar-refractivity contribution in [3.8, 4) is 0 Å². The number of rotatable bonds is 0. The van der Waals surface area contributed by atoms with Crippen molar-refractivity contribution >= 4 is 80.8 Å². The van der Waals surface area contributed by atoms with Crippen LogP contribution in [0.1, 0.15) is 228 Å². The Bertz CT molecular complexity index is 714. The summed E-state index contributed by atoms with van der Waals surface area (Å²) in [5, 5.41) is 5.47. The SMILES string of the molecule is CC(C)(C)[Si](C(C)(C)C)C(C)(C)C.CC(C)(C)[Si](C(C)(C)C)C(C)(C)C.CC(C)(C)[Si](C(C)(C)C)C(C)(C)C.C[Si](C(C)(C)C)C(C)(C)C.[Ge].[Ge]=[Ge]. The Balaban J connectivity index is -0.000000133. The van der Waals surface area contributed by atoms with Crippen LogP contribution < -0.4 is 0 Å². The van der Waals surface area contributed by atoms with E-state index in [1.54, 1.807) is 0 Å². The minimum absolute atomic E-state index is 0. The van der Waals surface area contributed by atoms with Crippen molar-refractivity contribution in [2.75, 3.05) is 0 Å². The van der Waals surface area contributed by atoms with Crippen molar-refractivity contribution < 1.29 is 0 Å². The first-order valence-electron chi connectivity index (χ1n) is 20.0. The molecule has 0 heterocycles. The van der Waals surface area contributed by atoms with E-state index < -0.39 is 26.4 Å². The number of hydrogen-bond donors (Lipinski definition) is 0. The van der Waals surface area contributed by atoms with E-state index >= 15 is 0 Å². The number of hydrogen-bond acceptors (Lipinski definition) is 0. The van der Waals surface area contributed by atoms with Gasteiger partial charge in [-0.2, -0.15) is 0 Å². The third kappa shape index (κ3) is 29.7. The van der Waals surface area contributed by atoms with Gasteiger partial charge in [0.15, 0.2) is 0 Å². The average molecular weight is 973 g/mol. The van der Waals surface area contributed by atoms with Crippen LogP contribution in [0.15, 0.2) is 0 Å². The van der Waals surface area contributed by atoms with Gasteiger partial charge in [0.1, 0.15) is 0 Å². The zero-order chi connectivity index (χ0) is 43.8. The van der Waals surface area contributed by atoms with Gasteiger partial charge in [-0.1, -0.05) is 235 Å². The van der Waals surface area contributed by atoms with Gasteiger partial charge in [0.25, 0.3) is 0 Å². The summed E-state index contributed by atoms with van der Waals surface area (Å²) in [4.78, 5) is 0. The molecule has 0 unspecified atom stereocenters. The third-order valence-corrected chi connectivity index (χ3v) is 27.0. The summed E-state index contributed by atoms with van der Waals surface area (Å²) in [5.41, 5.74) is 0. The second-order valence-electron chi connectivity index (χ2n) is 26.5. The van der Waals surface area contributed by atoms with Gasteiger partial charge in [-0.25, -0.2) is 0 Å². The first-order chi connectivity index (χ1) is 21.3. The predicted molar refractivity (Wildman–Crippen MR) is 263 cm³/mol. The van der Waals surface area contributed by atoms with E-state index in [1.807, 2.05) is 28.0 Å². The molecule has 0 saturated carbocycles. The summed E-state index contributed by atoms with van der Waals surface area (Å²) < 4.78 is 0. The second kappa shape index (κ2) is 22.8. The molecule has 0 fully saturated rings. The van der Waals surface area contributed by atoms with Crippen molar-refractivity contribution in [2.45, 2.75) is 290 Å². The molecule has 0 spiro atoms. The molecule has 0 aliphatic rings. The van der Waals surface area contributed by atoms with Crippen LogP contribution >= 0.6 is 0 Å². The van der Waals surface area contributed by atoms with Gasteiger partial charge in [-0.15, -0.1) is 0 Å². The van der Waals surface area contributed by atoms with Gasteiger partial charge in [0.05, 0.1) is 35.2 Å². The zero-order valence-corrected chi connectivity index (χ0v) is 53.3. The quantitative estimate of drug-likeness (QED) is 0.212. The van der Waals surface area contributed by atoms with E-state index in [4.69, 9.17) is 0 Å². The van der Waals surface area contributed by atoms with Gasteiger partial charge in [0.2, 0.25) is 0 Å². The molecule has 310 valence electrons. The van der Waals surface area contributed by atoms with Crippen molar-refractivity contribution in [3.63, 3.8) is 0 Å². The normalized spacial score (nSPS) is 14.3. The molecule has 0 nitrogen and oxygen atoms in total. The van der Waals surface area contributed by atoms with Gasteiger partial charge in [-0.3, -0.25) is 0 Å². The maximum atomic E-state index is 2.44. The first kappa shape index (κ1) is 66.3. The van der Waals surface area contributed by atoms with Crippen LogP contribution in [0, 0.1) is 0 Å². The summed E-state index contributed by atoms with van der Waals surface area (Å²) in [6, 6.07) is 0. The van der Waals surface area contributed by atoms with Gasteiger partial charge >= 0.3 is 28.0 Å². The Morgan fingerprint density at radius 2 is 0.288 bits per heavy atom. The van der Waals surface area contributed by atoms with Gasteiger partial charge in [-0.05, 0) is 55.4 Å². The molecule has 0 aromatic heterocycles. The van der Waals surface area contributed by atoms with Crippen LogP contribution in [0.5, 0.6) is 0 Å². The molecule has 52 heavy (non-hydrogen) atoms. The summed E-state index contributed by atoms with van der Waals surface area (Å²) in [7, 11) is -1.39. The standard InChI is InChI=1S/3C12H27Si.C9H21Si.Ge2.Ge/c3*1-10(2,3)13(11(4,5)6)12(7,8)9;1-8(2,3)10(7)9(4,5)6;1-2;/h3*1-9H3;1-7H3;;. The Kier molecular flexibility index (Phi) is 29.0. The fraction of sp³-hybridized carbons (Fsp3) is 1.00. The second-order valence-corrected chi connectivity index (χ2v) is 46.5. The van der Waals surface area contributed by atoms with E-state index in [2.05, 4.69) is 235 Å². The van der Waals surface area contributed by atoms with Gasteiger partial charge < -0.3 is 0 Å². The molecule has 0 aromatic rings. The van der Waals surface area contributed by atoms with E-state index in [0.717, 1.165) is 0 Å². The van der Waals surface area contributed by atoms with Crippen LogP contribution in [0.25, 0.3) is 0 Å². The molecule has 0 N–H and O–H groups in total. The van der Waals surface area contributed by atoms with Crippen molar-refractivity contribution in [3.05, 3.63) is 0 Å². The molecule has 0 saturated heterocycles. The van der Waals surface area contributed by atoms with Crippen molar-refractivity contribution in [1.82, 2.24) is 0 Å². The van der Waals surface area contributed by atoms with E-state index in [9.17, 15) is 0 Å². The molecule has 12 radical (unpaired) electrons. The fourth-order valence-corrected chi connectivity index (χ4v) is 33.8. The Morgan fingerprint density at radius 1 is 0.212 bits per heavy atom. The Hall–Kier alpha value is 2.50. The predicted octanol–water partition coefficient (Wildman–Crippen LogP) is 17.2. The molecule has 0 aromatic carbocycles. The van der Waals surface area contributed by atoms with E-state index in [0.29, 0.717) is 55.4 Å². The zero-order valence-electron chi connectivity index (χ0n) is 43.0. The molecule has 0 atom stereocenters. The van der Waals surface area contributed by atoms with Crippen molar-refractivity contribution in [2.24, 2.45) is 0 Å². The molecular weight excluding hydrogens is 871 g/mol. The molecule has 0 bridgehead atoms. The monoisotopic (exact) mass is 976 g/mol. The van der Waals surface area contributed by atoms with Crippen LogP contribution in [0.4, 0.5) is 0 Å². The summed E-state index contributed by atoms with van der Waals surface area (Å²) in [6.45, 7) is 81.4.